The van der Waals surface area contributed by atoms with Crippen LogP contribution in [0.1, 0.15) is 11.1 Å². The molecule has 23 heavy (non-hydrogen) atoms. The van der Waals surface area contributed by atoms with Gasteiger partial charge in [0, 0.05) is 5.69 Å². The molecule has 0 aliphatic heterocycles. The fourth-order valence-corrected chi connectivity index (χ4v) is 3.12. The summed E-state index contributed by atoms with van der Waals surface area (Å²) in [6.07, 6.45) is 0.685. The molecule has 3 aromatic rings. The Labute approximate surface area is 131 Å². The Hall–Kier alpha value is -3.28. The van der Waals surface area contributed by atoms with Crippen LogP contribution in [-0.2, 0) is 6.42 Å². The second-order valence-corrected chi connectivity index (χ2v) is 5.61. The minimum Gasteiger partial charge on any atom is -0.500 e. The van der Waals surface area contributed by atoms with Gasteiger partial charge in [-0.15, -0.1) is 0 Å². The van der Waals surface area contributed by atoms with Crippen LogP contribution < -0.4 is 5.73 Å². The van der Waals surface area contributed by atoms with Crippen LogP contribution in [0.2, 0.25) is 0 Å². The fraction of sp³-hybridized carbons (Fsp3) is 0.0588. The number of rotatable bonds is 1. The normalized spacial score (nSPS) is 12.2. The zero-order valence-electron chi connectivity index (χ0n) is 12.0. The SMILES string of the molecule is Nc1ccc2c(c1)Cc1cc(-n3c(O)c(O)c(O)c3O)ccc1-2. The van der Waals surface area contributed by atoms with Crippen LogP contribution in [0.25, 0.3) is 16.8 Å². The maximum absolute atomic E-state index is 9.89. The zero-order chi connectivity index (χ0) is 16.3. The molecule has 0 radical (unpaired) electrons. The third kappa shape index (κ3) is 1.75. The quantitative estimate of drug-likeness (QED) is 0.347. The number of nitrogen functional groups attached to an aromatic ring is 1. The highest BCUT2D eigenvalue weighted by Crippen LogP contribution is 2.47. The molecule has 0 spiro atoms. The van der Waals surface area contributed by atoms with Gasteiger partial charge in [0.15, 0.2) is 0 Å². The van der Waals surface area contributed by atoms with Gasteiger partial charge >= 0.3 is 0 Å². The Kier molecular flexibility index (Phi) is 2.54. The van der Waals surface area contributed by atoms with Crippen LogP contribution in [0.15, 0.2) is 36.4 Å². The van der Waals surface area contributed by atoms with E-state index in [1.165, 1.54) is 0 Å². The molecular formula is C17H14N2O4. The van der Waals surface area contributed by atoms with Gasteiger partial charge in [-0.2, -0.15) is 0 Å². The zero-order valence-corrected chi connectivity index (χ0v) is 12.0. The molecule has 0 fully saturated rings. The molecule has 4 rings (SSSR count). The molecule has 1 aliphatic rings. The summed E-state index contributed by atoms with van der Waals surface area (Å²) in [5.74, 6) is -2.72. The van der Waals surface area contributed by atoms with E-state index in [9.17, 15) is 20.4 Å². The molecule has 0 amide bonds. The number of benzene rings is 2. The lowest BCUT2D eigenvalue weighted by molar-refractivity contribution is 0.363. The molecule has 2 aromatic carbocycles. The highest BCUT2D eigenvalue weighted by molar-refractivity contribution is 5.79. The number of hydrogen-bond acceptors (Lipinski definition) is 5. The first-order valence-electron chi connectivity index (χ1n) is 7.04. The smallest absolute Gasteiger partial charge is 0.246 e. The minimum atomic E-state index is -0.751. The van der Waals surface area contributed by atoms with E-state index in [1.807, 2.05) is 24.3 Å². The van der Waals surface area contributed by atoms with Crippen LogP contribution in [0, 0.1) is 0 Å². The number of aromatic hydroxyl groups is 4. The summed E-state index contributed by atoms with van der Waals surface area (Å²) in [7, 11) is 0. The van der Waals surface area contributed by atoms with Gasteiger partial charge in [0.1, 0.15) is 0 Å². The largest absolute Gasteiger partial charge is 0.500 e. The summed E-state index contributed by atoms with van der Waals surface area (Å²) in [5, 5.41) is 38.9. The lowest BCUT2D eigenvalue weighted by Gasteiger charge is -2.09. The molecule has 1 heterocycles. The monoisotopic (exact) mass is 310 g/mol. The van der Waals surface area contributed by atoms with Crippen molar-refractivity contribution in [3.8, 4) is 40.1 Å². The first kappa shape index (κ1) is 13.4. The van der Waals surface area contributed by atoms with E-state index >= 15 is 0 Å². The Morgan fingerprint density at radius 3 is 2.00 bits per heavy atom. The van der Waals surface area contributed by atoms with E-state index in [0.717, 1.165) is 26.8 Å². The average Bonchev–Trinajstić information content (AvgIpc) is 2.97. The van der Waals surface area contributed by atoms with E-state index in [4.69, 9.17) is 5.73 Å². The maximum Gasteiger partial charge on any atom is 0.246 e. The Bertz CT molecular complexity index is 934. The Morgan fingerprint density at radius 2 is 1.35 bits per heavy atom. The number of nitrogens with two attached hydrogens (primary N) is 1. The predicted molar refractivity (Wildman–Crippen MR) is 85.1 cm³/mol. The van der Waals surface area contributed by atoms with Crippen molar-refractivity contribution in [2.45, 2.75) is 6.42 Å². The van der Waals surface area contributed by atoms with Crippen molar-refractivity contribution in [2.24, 2.45) is 0 Å². The molecule has 6 nitrogen and oxygen atoms in total. The minimum absolute atomic E-state index is 0.440. The van der Waals surface area contributed by atoms with Crippen LogP contribution >= 0.6 is 0 Å². The van der Waals surface area contributed by atoms with Crippen molar-refractivity contribution in [1.82, 2.24) is 4.57 Å². The van der Waals surface area contributed by atoms with Gasteiger partial charge in [-0.3, -0.25) is 0 Å². The molecule has 1 aliphatic carbocycles. The second-order valence-electron chi connectivity index (χ2n) is 5.61. The van der Waals surface area contributed by atoms with Gasteiger partial charge in [0.05, 0.1) is 5.69 Å². The number of aromatic nitrogens is 1. The summed E-state index contributed by atoms with van der Waals surface area (Å²) in [6.45, 7) is 0. The van der Waals surface area contributed by atoms with Gasteiger partial charge in [-0.25, -0.2) is 4.57 Å². The van der Waals surface area contributed by atoms with Crippen LogP contribution in [-0.4, -0.2) is 25.0 Å². The molecule has 0 bridgehead atoms. The lowest BCUT2D eigenvalue weighted by Crippen LogP contribution is -1.94. The number of hydrogen-bond donors (Lipinski definition) is 5. The summed E-state index contributed by atoms with van der Waals surface area (Å²) in [5.41, 5.74) is 11.2. The molecule has 0 saturated carbocycles. The molecule has 116 valence electrons. The third-order valence-electron chi connectivity index (χ3n) is 4.22. The van der Waals surface area contributed by atoms with E-state index < -0.39 is 23.3 Å². The van der Waals surface area contributed by atoms with Crippen molar-refractivity contribution in [2.75, 3.05) is 5.73 Å². The van der Waals surface area contributed by atoms with Crippen LogP contribution in [0.5, 0.6) is 23.3 Å². The molecule has 1 aromatic heterocycles. The number of anilines is 1. The van der Waals surface area contributed by atoms with Gasteiger partial charge in [-0.05, 0) is 52.9 Å². The van der Waals surface area contributed by atoms with Crippen molar-refractivity contribution in [1.29, 1.82) is 0 Å². The lowest BCUT2D eigenvalue weighted by atomic mass is 10.1. The van der Waals surface area contributed by atoms with E-state index in [2.05, 4.69) is 0 Å². The molecule has 0 saturated heterocycles. The van der Waals surface area contributed by atoms with E-state index in [0.29, 0.717) is 17.8 Å². The van der Waals surface area contributed by atoms with E-state index in [-0.39, 0.29) is 0 Å². The predicted octanol–water partition coefficient (Wildman–Crippen LogP) is 2.45. The average molecular weight is 310 g/mol. The third-order valence-corrected chi connectivity index (χ3v) is 4.22. The first-order chi connectivity index (χ1) is 11.0. The highest BCUT2D eigenvalue weighted by atomic mass is 16.4. The molecule has 0 unspecified atom stereocenters. The summed E-state index contributed by atoms with van der Waals surface area (Å²) in [4.78, 5) is 0. The Balaban J connectivity index is 1.86. The van der Waals surface area contributed by atoms with Crippen LogP contribution in [0.4, 0.5) is 5.69 Å². The molecule has 0 atom stereocenters. The Morgan fingerprint density at radius 1 is 0.783 bits per heavy atom. The van der Waals surface area contributed by atoms with Gasteiger partial charge in [-0.1, -0.05) is 12.1 Å². The van der Waals surface area contributed by atoms with Crippen molar-refractivity contribution in [3.05, 3.63) is 47.5 Å². The summed E-state index contributed by atoms with van der Waals surface area (Å²) >= 11 is 0. The van der Waals surface area contributed by atoms with Crippen LogP contribution in [0.3, 0.4) is 0 Å². The standard InChI is InChI=1S/C17H14N2O4/c18-10-1-3-12-8(6-10)5-9-7-11(2-4-13(9)12)19-16(22)14(20)15(21)17(19)23/h1-4,6-7,20-23H,5,18H2. The second kappa shape index (κ2) is 4.36. The van der Waals surface area contributed by atoms with Crippen molar-refractivity contribution < 1.29 is 20.4 Å². The van der Waals surface area contributed by atoms with Crippen molar-refractivity contribution in [3.63, 3.8) is 0 Å². The van der Waals surface area contributed by atoms with Gasteiger partial charge in [0.25, 0.3) is 0 Å². The first-order valence-corrected chi connectivity index (χ1v) is 7.04. The molecule has 6 heteroatoms. The highest BCUT2D eigenvalue weighted by Gasteiger charge is 2.24. The van der Waals surface area contributed by atoms with E-state index in [1.54, 1.807) is 12.1 Å². The van der Waals surface area contributed by atoms with Gasteiger partial charge in [0.2, 0.25) is 23.3 Å². The van der Waals surface area contributed by atoms with Gasteiger partial charge < -0.3 is 26.2 Å². The summed E-state index contributed by atoms with van der Waals surface area (Å²) in [6, 6.07) is 11.1. The number of nitrogens with zero attached hydrogens (tertiary/aromatic N) is 1. The molecular weight excluding hydrogens is 296 g/mol. The van der Waals surface area contributed by atoms with Crippen molar-refractivity contribution >= 4 is 5.69 Å². The maximum atomic E-state index is 9.89. The molecule has 6 N–H and O–H groups in total. The topological polar surface area (TPSA) is 112 Å². The fourth-order valence-electron chi connectivity index (χ4n) is 3.12. The number of fused-ring (bicyclic) bond motifs is 3. The summed E-state index contributed by atoms with van der Waals surface area (Å²) < 4.78 is 0.988.